The van der Waals surface area contributed by atoms with Crippen molar-refractivity contribution in [3.05, 3.63) is 34.6 Å². The summed E-state index contributed by atoms with van der Waals surface area (Å²) in [7, 11) is 1.58. The molecule has 0 radical (unpaired) electrons. The van der Waals surface area contributed by atoms with Crippen LogP contribution in [0, 0.1) is 11.7 Å². The summed E-state index contributed by atoms with van der Waals surface area (Å²) in [5.74, 6) is -0.104. The van der Waals surface area contributed by atoms with Gasteiger partial charge in [-0.25, -0.2) is 4.39 Å². The van der Waals surface area contributed by atoms with Gasteiger partial charge in [-0.2, -0.15) is 0 Å². The second-order valence-corrected chi connectivity index (χ2v) is 6.99. The van der Waals surface area contributed by atoms with Gasteiger partial charge >= 0.3 is 0 Å². The van der Waals surface area contributed by atoms with E-state index in [0.29, 0.717) is 25.4 Å². The molecule has 132 valence electrons. The number of carbonyl (C=O) groups is 1. The minimum atomic E-state index is -0.438. The summed E-state index contributed by atoms with van der Waals surface area (Å²) < 4.78 is 24.9. The van der Waals surface area contributed by atoms with E-state index in [9.17, 15) is 9.18 Å². The van der Waals surface area contributed by atoms with Crippen molar-refractivity contribution < 1.29 is 18.7 Å². The Morgan fingerprint density at radius 2 is 2.29 bits per heavy atom. The van der Waals surface area contributed by atoms with Crippen molar-refractivity contribution in [1.29, 1.82) is 0 Å². The minimum absolute atomic E-state index is 0.00423. The van der Waals surface area contributed by atoms with Gasteiger partial charge in [0.15, 0.2) is 0 Å². The third-order valence-electron chi connectivity index (χ3n) is 5.02. The predicted molar refractivity (Wildman–Crippen MR) is 89.4 cm³/mol. The normalized spacial score (nSPS) is 29.3. The van der Waals surface area contributed by atoms with E-state index >= 15 is 0 Å². The SMILES string of the molecule is COCCC(=O)N[C@@H]1C[C@H](c2ccc(Cl)c(F)c2)O[C@@H]2CCC[C@@H]12. The summed E-state index contributed by atoms with van der Waals surface area (Å²) >= 11 is 5.77. The first-order valence-electron chi connectivity index (χ1n) is 8.47. The summed E-state index contributed by atoms with van der Waals surface area (Å²) in [4.78, 5) is 12.1. The van der Waals surface area contributed by atoms with Crippen molar-refractivity contribution in [3.8, 4) is 0 Å². The van der Waals surface area contributed by atoms with Gasteiger partial charge in [0.25, 0.3) is 0 Å². The van der Waals surface area contributed by atoms with Gasteiger partial charge in [-0.1, -0.05) is 24.1 Å². The first kappa shape index (κ1) is 17.6. The Bertz CT molecular complexity index is 598. The van der Waals surface area contributed by atoms with E-state index < -0.39 is 5.82 Å². The number of ether oxygens (including phenoxy) is 2. The average Bonchev–Trinajstić information content (AvgIpc) is 3.04. The Morgan fingerprint density at radius 3 is 3.04 bits per heavy atom. The van der Waals surface area contributed by atoms with Gasteiger partial charge in [-0.3, -0.25) is 4.79 Å². The summed E-state index contributed by atoms with van der Waals surface area (Å²) in [5.41, 5.74) is 0.776. The molecule has 6 heteroatoms. The quantitative estimate of drug-likeness (QED) is 0.877. The van der Waals surface area contributed by atoms with Crippen LogP contribution in [0.3, 0.4) is 0 Å². The number of rotatable bonds is 5. The molecule has 0 spiro atoms. The van der Waals surface area contributed by atoms with Crippen LogP contribution in [0.25, 0.3) is 0 Å². The zero-order valence-corrected chi connectivity index (χ0v) is 14.5. The molecule has 0 aromatic heterocycles. The lowest BCUT2D eigenvalue weighted by molar-refractivity contribution is -0.127. The van der Waals surface area contributed by atoms with Crippen LogP contribution in [0.1, 0.15) is 43.8 Å². The number of fused-ring (bicyclic) bond motifs is 1. The number of benzene rings is 1. The van der Waals surface area contributed by atoms with Gasteiger partial charge in [0.2, 0.25) is 5.91 Å². The van der Waals surface area contributed by atoms with E-state index in [-0.39, 0.29) is 29.2 Å². The van der Waals surface area contributed by atoms with Crippen molar-refractivity contribution in [2.24, 2.45) is 5.92 Å². The van der Waals surface area contributed by atoms with E-state index in [2.05, 4.69) is 5.32 Å². The van der Waals surface area contributed by atoms with Crippen LogP contribution < -0.4 is 5.32 Å². The summed E-state index contributed by atoms with van der Waals surface area (Å²) in [6, 6.07) is 4.85. The molecule has 1 amide bonds. The van der Waals surface area contributed by atoms with Crippen molar-refractivity contribution in [2.75, 3.05) is 13.7 Å². The molecule has 4 nitrogen and oxygen atoms in total. The number of hydrogen-bond acceptors (Lipinski definition) is 3. The first-order chi connectivity index (χ1) is 11.6. The fourth-order valence-corrected chi connectivity index (χ4v) is 3.94. The molecule has 0 unspecified atom stereocenters. The van der Waals surface area contributed by atoms with Gasteiger partial charge in [0, 0.05) is 25.5 Å². The maximum absolute atomic E-state index is 13.8. The highest BCUT2D eigenvalue weighted by atomic mass is 35.5. The van der Waals surface area contributed by atoms with E-state index in [0.717, 1.165) is 24.8 Å². The minimum Gasteiger partial charge on any atom is -0.384 e. The largest absolute Gasteiger partial charge is 0.384 e. The predicted octanol–water partition coefficient (Wildman–Crippen LogP) is 3.63. The lowest BCUT2D eigenvalue weighted by atomic mass is 9.86. The van der Waals surface area contributed by atoms with Crippen LogP contribution >= 0.6 is 11.6 Å². The average molecular weight is 356 g/mol. The number of halogens is 2. The molecule has 1 aliphatic carbocycles. The summed E-state index contributed by atoms with van der Waals surface area (Å²) in [5, 5.41) is 3.24. The topological polar surface area (TPSA) is 47.6 Å². The molecule has 1 aromatic carbocycles. The molecule has 1 saturated heterocycles. The van der Waals surface area contributed by atoms with Crippen LogP contribution in [-0.2, 0) is 14.3 Å². The molecule has 1 N–H and O–H groups in total. The van der Waals surface area contributed by atoms with E-state index in [4.69, 9.17) is 21.1 Å². The van der Waals surface area contributed by atoms with Gasteiger partial charge in [-0.05, 0) is 37.0 Å². The number of hydrogen-bond donors (Lipinski definition) is 1. The third-order valence-corrected chi connectivity index (χ3v) is 5.33. The van der Waals surface area contributed by atoms with Crippen LogP contribution in [0.4, 0.5) is 4.39 Å². The lowest BCUT2D eigenvalue weighted by Crippen LogP contribution is -2.48. The second-order valence-electron chi connectivity index (χ2n) is 6.58. The molecular formula is C18H23ClFNO3. The maximum Gasteiger partial charge on any atom is 0.222 e. The molecule has 24 heavy (non-hydrogen) atoms. The number of methoxy groups -OCH3 is 1. The fraction of sp³-hybridized carbons (Fsp3) is 0.611. The smallest absolute Gasteiger partial charge is 0.222 e. The highest BCUT2D eigenvalue weighted by Crippen LogP contribution is 2.42. The molecule has 1 saturated carbocycles. The van der Waals surface area contributed by atoms with Gasteiger partial charge in [-0.15, -0.1) is 0 Å². The number of carbonyl (C=O) groups excluding carboxylic acids is 1. The highest BCUT2D eigenvalue weighted by Gasteiger charge is 2.42. The van der Waals surface area contributed by atoms with Gasteiger partial charge in [0.05, 0.1) is 23.8 Å². The van der Waals surface area contributed by atoms with E-state index in [1.54, 1.807) is 19.2 Å². The standard InChI is InChI=1S/C18H23ClFNO3/c1-23-8-7-18(22)21-15-10-17(24-16-4-2-3-12(15)16)11-5-6-13(19)14(20)9-11/h5-6,9,12,15-17H,2-4,7-8,10H2,1H3,(H,21,22)/t12-,15+,16+,17+/m0/s1. The second kappa shape index (κ2) is 7.81. The van der Waals surface area contributed by atoms with Crippen molar-refractivity contribution in [1.82, 2.24) is 5.32 Å². The number of nitrogens with one attached hydrogen (secondary N) is 1. The fourth-order valence-electron chi connectivity index (χ4n) is 3.82. The Morgan fingerprint density at radius 1 is 1.46 bits per heavy atom. The Hall–Kier alpha value is -1.17. The van der Waals surface area contributed by atoms with Gasteiger partial charge < -0.3 is 14.8 Å². The zero-order valence-electron chi connectivity index (χ0n) is 13.8. The van der Waals surface area contributed by atoms with E-state index in [1.807, 2.05) is 0 Å². The molecular weight excluding hydrogens is 333 g/mol. The summed E-state index contributed by atoms with van der Waals surface area (Å²) in [6.07, 6.45) is 4.05. The van der Waals surface area contributed by atoms with Crippen molar-refractivity contribution in [3.63, 3.8) is 0 Å². The molecule has 3 rings (SSSR count). The maximum atomic E-state index is 13.8. The Kier molecular flexibility index (Phi) is 5.74. The number of amides is 1. The third kappa shape index (κ3) is 3.90. The molecule has 1 aromatic rings. The molecule has 2 aliphatic rings. The lowest BCUT2D eigenvalue weighted by Gasteiger charge is -2.39. The molecule has 1 heterocycles. The zero-order chi connectivity index (χ0) is 17.1. The van der Waals surface area contributed by atoms with Crippen LogP contribution in [0.15, 0.2) is 18.2 Å². The van der Waals surface area contributed by atoms with Crippen LogP contribution in [0.5, 0.6) is 0 Å². The van der Waals surface area contributed by atoms with Crippen molar-refractivity contribution >= 4 is 17.5 Å². The molecule has 1 aliphatic heterocycles. The monoisotopic (exact) mass is 355 g/mol. The first-order valence-corrected chi connectivity index (χ1v) is 8.85. The Labute approximate surface area is 146 Å². The Balaban J connectivity index is 1.73. The van der Waals surface area contributed by atoms with Crippen LogP contribution in [-0.4, -0.2) is 31.8 Å². The summed E-state index contributed by atoms with van der Waals surface area (Å²) in [6.45, 7) is 0.412. The highest BCUT2D eigenvalue weighted by molar-refractivity contribution is 6.30. The van der Waals surface area contributed by atoms with Crippen molar-refractivity contribution in [2.45, 2.75) is 50.4 Å². The molecule has 2 fully saturated rings. The van der Waals surface area contributed by atoms with E-state index in [1.165, 1.54) is 6.07 Å². The van der Waals surface area contributed by atoms with Crippen LogP contribution in [0.2, 0.25) is 5.02 Å². The molecule has 0 bridgehead atoms. The van der Waals surface area contributed by atoms with Gasteiger partial charge in [0.1, 0.15) is 5.82 Å². The molecule has 4 atom stereocenters.